The van der Waals surface area contributed by atoms with E-state index in [9.17, 15) is 0 Å². The van der Waals surface area contributed by atoms with Gasteiger partial charge in [0.05, 0.1) is 26.5 Å². The largest absolute Gasteiger partial charge is 0.493 e. The lowest BCUT2D eigenvalue weighted by atomic mass is 10.1. The summed E-state index contributed by atoms with van der Waals surface area (Å²) in [4.78, 5) is 4.70. The van der Waals surface area contributed by atoms with Gasteiger partial charge in [-0.3, -0.25) is 0 Å². The van der Waals surface area contributed by atoms with E-state index in [0.29, 0.717) is 31.3 Å². The lowest BCUT2D eigenvalue weighted by molar-refractivity contribution is 0.215. The van der Waals surface area contributed by atoms with Crippen molar-refractivity contribution in [2.75, 3.05) is 34.0 Å². The molecule has 0 aliphatic carbocycles. The van der Waals surface area contributed by atoms with Gasteiger partial charge in [0.1, 0.15) is 25.2 Å². The fraction of sp³-hybridized carbons (Fsp3) is 0.400. The molecule has 2 aromatic rings. The van der Waals surface area contributed by atoms with Crippen molar-refractivity contribution in [1.29, 1.82) is 0 Å². The molecule has 0 N–H and O–H groups in total. The number of allylic oxidation sites excluding steroid dienone is 1. The van der Waals surface area contributed by atoms with Gasteiger partial charge in [0.2, 0.25) is 0 Å². The SMILES string of the molecule is C/C=C/COc1cc(C)c(OCCCCOc2ccc(/C=N/OC)cc2OC)c(C)c1. The van der Waals surface area contributed by atoms with Crippen LogP contribution in [0.2, 0.25) is 0 Å². The molecule has 6 nitrogen and oxygen atoms in total. The Labute approximate surface area is 185 Å². The van der Waals surface area contributed by atoms with Crippen LogP contribution < -0.4 is 18.9 Å². The minimum atomic E-state index is 0.573. The second-order valence-electron chi connectivity index (χ2n) is 7.00. The predicted molar refractivity (Wildman–Crippen MR) is 124 cm³/mol. The summed E-state index contributed by atoms with van der Waals surface area (Å²) in [7, 11) is 3.13. The number of hydrogen-bond acceptors (Lipinski definition) is 6. The predicted octanol–water partition coefficient (Wildman–Crippen LogP) is 5.49. The van der Waals surface area contributed by atoms with Crippen molar-refractivity contribution in [2.24, 2.45) is 5.16 Å². The molecule has 168 valence electrons. The molecule has 0 saturated heterocycles. The number of nitrogens with zero attached hydrogens (tertiary/aromatic N) is 1. The third-order valence-corrected chi connectivity index (χ3v) is 4.55. The fourth-order valence-corrected chi connectivity index (χ4v) is 3.02. The van der Waals surface area contributed by atoms with E-state index in [1.807, 2.05) is 63.3 Å². The average molecular weight is 428 g/mol. The monoisotopic (exact) mass is 427 g/mol. The van der Waals surface area contributed by atoms with Crippen molar-refractivity contribution in [3.05, 3.63) is 59.2 Å². The summed E-state index contributed by atoms with van der Waals surface area (Å²) >= 11 is 0. The molecular weight excluding hydrogens is 394 g/mol. The highest BCUT2D eigenvalue weighted by atomic mass is 16.6. The Kier molecular flexibility index (Phi) is 10.3. The first-order valence-electron chi connectivity index (χ1n) is 10.4. The summed E-state index contributed by atoms with van der Waals surface area (Å²) in [6.07, 6.45) is 7.34. The summed E-state index contributed by atoms with van der Waals surface area (Å²) in [5.74, 6) is 3.16. The zero-order valence-corrected chi connectivity index (χ0v) is 19.1. The third-order valence-electron chi connectivity index (χ3n) is 4.55. The average Bonchev–Trinajstić information content (AvgIpc) is 2.76. The van der Waals surface area contributed by atoms with Crippen LogP contribution in [0.15, 0.2) is 47.6 Å². The van der Waals surface area contributed by atoms with E-state index in [1.54, 1.807) is 13.3 Å². The standard InChI is InChI=1S/C25H33NO5/c1-6-7-12-29-22-15-19(2)25(20(3)16-22)31-14-9-8-13-30-23-11-10-21(18-26-28-5)17-24(23)27-4/h6-7,10-11,15-18H,8-9,12-14H2,1-5H3/b7-6+,26-18+. The van der Waals surface area contributed by atoms with Gasteiger partial charge in [0, 0.05) is 5.56 Å². The van der Waals surface area contributed by atoms with Crippen LogP contribution >= 0.6 is 0 Å². The van der Waals surface area contributed by atoms with E-state index in [-0.39, 0.29) is 0 Å². The van der Waals surface area contributed by atoms with Crippen LogP contribution in [0.4, 0.5) is 0 Å². The molecule has 0 unspecified atom stereocenters. The van der Waals surface area contributed by atoms with E-state index in [0.717, 1.165) is 41.0 Å². The van der Waals surface area contributed by atoms with Gasteiger partial charge >= 0.3 is 0 Å². The summed E-state index contributed by atoms with van der Waals surface area (Å²) in [5.41, 5.74) is 3.03. The molecule has 0 atom stereocenters. The molecule has 0 saturated carbocycles. The second kappa shape index (κ2) is 13.2. The summed E-state index contributed by atoms with van der Waals surface area (Å²) in [5, 5.41) is 3.76. The van der Waals surface area contributed by atoms with Gasteiger partial charge in [-0.05, 0) is 75.1 Å². The zero-order chi connectivity index (χ0) is 22.5. The van der Waals surface area contributed by atoms with E-state index in [4.69, 9.17) is 23.8 Å². The number of hydrogen-bond donors (Lipinski definition) is 0. The van der Waals surface area contributed by atoms with Crippen LogP contribution in [0.5, 0.6) is 23.0 Å². The Balaban J connectivity index is 1.78. The first-order valence-corrected chi connectivity index (χ1v) is 10.4. The minimum absolute atomic E-state index is 0.573. The van der Waals surface area contributed by atoms with Gasteiger partial charge in [0.15, 0.2) is 11.5 Å². The van der Waals surface area contributed by atoms with Gasteiger partial charge in [-0.2, -0.15) is 0 Å². The van der Waals surface area contributed by atoms with Crippen molar-refractivity contribution in [3.8, 4) is 23.0 Å². The number of ether oxygens (including phenoxy) is 4. The highest BCUT2D eigenvalue weighted by Gasteiger charge is 2.08. The molecule has 2 aromatic carbocycles. The molecule has 0 spiro atoms. The van der Waals surface area contributed by atoms with Crippen molar-refractivity contribution in [3.63, 3.8) is 0 Å². The zero-order valence-electron chi connectivity index (χ0n) is 19.1. The van der Waals surface area contributed by atoms with E-state index >= 15 is 0 Å². The van der Waals surface area contributed by atoms with Gasteiger partial charge in [0.25, 0.3) is 0 Å². The molecule has 0 aromatic heterocycles. The summed E-state index contributed by atoms with van der Waals surface area (Å²) in [6, 6.07) is 9.67. The van der Waals surface area contributed by atoms with Crippen LogP contribution in [0.1, 0.15) is 36.5 Å². The molecule has 0 radical (unpaired) electrons. The molecular formula is C25H33NO5. The Bertz CT molecular complexity index is 853. The Morgan fingerprint density at radius 1 is 0.871 bits per heavy atom. The van der Waals surface area contributed by atoms with Crippen molar-refractivity contribution in [1.82, 2.24) is 0 Å². The lowest BCUT2D eigenvalue weighted by Gasteiger charge is -2.15. The molecule has 31 heavy (non-hydrogen) atoms. The quantitative estimate of drug-likeness (QED) is 0.183. The van der Waals surface area contributed by atoms with Crippen LogP contribution in [0.25, 0.3) is 0 Å². The van der Waals surface area contributed by atoms with Gasteiger partial charge in [-0.25, -0.2) is 0 Å². The number of unbranched alkanes of at least 4 members (excludes halogenated alkanes) is 1. The molecule has 0 amide bonds. The minimum Gasteiger partial charge on any atom is -0.493 e. The third kappa shape index (κ3) is 7.89. The number of aryl methyl sites for hydroxylation is 2. The maximum atomic E-state index is 6.02. The number of oxime groups is 1. The maximum absolute atomic E-state index is 6.02. The molecule has 0 aliphatic heterocycles. The van der Waals surface area contributed by atoms with Crippen molar-refractivity contribution in [2.45, 2.75) is 33.6 Å². The van der Waals surface area contributed by atoms with E-state index in [1.165, 1.54) is 7.11 Å². The van der Waals surface area contributed by atoms with Crippen LogP contribution in [0.3, 0.4) is 0 Å². The Morgan fingerprint density at radius 2 is 1.58 bits per heavy atom. The molecule has 0 bridgehead atoms. The number of methoxy groups -OCH3 is 1. The molecule has 0 aliphatic rings. The van der Waals surface area contributed by atoms with Gasteiger partial charge in [-0.1, -0.05) is 17.3 Å². The summed E-state index contributed by atoms with van der Waals surface area (Å²) in [6.45, 7) is 7.86. The smallest absolute Gasteiger partial charge is 0.161 e. The van der Waals surface area contributed by atoms with Gasteiger partial charge in [-0.15, -0.1) is 0 Å². The van der Waals surface area contributed by atoms with Crippen molar-refractivity contribution < 1.29 is 23.8 Å². The van der Waals surface area contributed by atoms with Crippen LogP contribution in [0, 0.1) is 13.8 Å². The highest BCUT2D eigenvalue weighted by molar-refractivity contribution is 5.80. The molecule has 6 heteroatoms. The normalized spacial score (nSPS) is 11.1. The second-order valence-corrected chi connectivity index (χ2v) is 7.00. The molecule has 0 fully saturated rings. The maximum Gasteiger partial charge on any atom is 0.161 e. The summed E-state index contributed by atoms with van der Waals surface area (Å²) < 4.78 is 23.0. The van der Waals surface area contributed by atoms with Crippen LogP contribution in [-0.4, -0.2) is 40.3 Å². The Hall–Kier alpha value is -3.15. The topological polar surface area (TPSA) is 58.5 Å². The van der Waals surface area contributed by atoms with Crippen LogP contribution in [-0.2, 0) is 4.84 Å². The molecule has 2 rings (SSSR count). The lowest BCUT2D eigenvalue weighted by Crippen LogP contribution is -2.05. The fourth-order valence-electron chi connectivity index (χ4n) is 3.02. The highest BCUT2D eigenvalue weighted by Crippen LogP contribution is 2.29. The van der Waals surface area contributed by atoms with E-state index < -0.39 is 0 Å². The number of benzene rings is 2. The number of rotatable bonds is 13. The first-order chi connectivity index (χ1) is 15.1. The molecule has 0 heterocycles. The van der Waals surface area contributed by atoms with Crippen molar-refractivity contribution >= 4 is 6.21 Å². The van der Waals surface area contributed by atoms with E-state index in [2.05, 4.69) is 5.16 Å². The van der Waals surface area contributed by atoms with Gasteiger partial charge < -0.3 is 23.8 Å². The first kappa shape index (κ1) is 24.1. The Morgan fingerprint density at radius 3 is 2.23 bits per heavy atom.